The number of halogens is 2. The SMILES string of the molecule is Fc1ccc(Br)cc1OCC(CS)c1ccccc1. The Bertz CT molecular complexity index is 533. The first-order valence-corrected chi connectivity index (χ1v) is 7.37. The molecule has 100 valence electrons. The van der Waals surface area contributed by atoms with Crippen molar-refractivity contribution in [2.75, 3.05) is 12.4 Å². The quantitative estimate of drug-likeness (QED) is 0.777. The van der Waals surface area contributed by atoms with Gasteiger partial charge in [0.05, 0.1) is 6.61 Å². The topological polar surface area (TPSA) is 9.23 Å². The Morgan fingerprint density at radius 3 is 2.58 bits per heavy atom. The predicted molar refractivity (Wildman–Crippen MR) is 82.6 cm³/mol. The van der Waals surface area contributed by atoms with Crippen molar-refractivity contribution in [2.24, 2.45) is 0 Å². The van der Waals surface area contributed by atoms with Gasteiger partial charge in [-0.2, -0.15) is 12.6 Å². The molecule has 0 heterocycles. The van der Waals surface area contributed by atoms with Crippen molar-refractivity contribution >= 4 is 28.6 Å². The van der Waals surface area contributed by atoms with Gasteiger partial charge in [-0.15, -0.1) is 0 Å². The first kappa shape index (κ1) is 14.4. The fourth-order valence-electron chi connectivity index (χ4n) is 1.76. The predicted octanol–water partition coefficient (Wildman–Crippen LogP) is 4.68. The number of hydrogen-bond donors (Lipinski definition) is 1. The molecule has 0 aliphatic carbocycles. The average Bonchev–Trinajstić information content (AvgIpc) is 2.44. The van der Waals surface area contributed by atoms with Gasteiger partial charge in [0.25, 0.3) is 0 Å². The van der Waals surface area contributed by atoms with Crippen molar-refractivity contribution in [3.63, 3.8) is 0 Å². The van der Waals surface area contributed by atoms with E-state index in [1.807, 2.05) is 30.3 Å². The third kappa shape index (κ3) is 3.98. The van der Waals surface area contributed by atoms with E-state index in [0.717, 1.165) is 10.0 Å². The molecule has 0 N–H and O–H groups in total. The minimum absolute atomic E-state index is 0.142. The van der Waals surface area contributed by atoms with E-state index < -0.39 is 0 Å². The first-order valence-electron chi connectivity index (χ1n) is 5.94. The maximum atomic E-state index is 13.6. The summed E-state index contributed by atoms with van der Waals surface area (Å²) in [5, 5.41) is 0. The smallest absolute Gasteiger partial charge is 0.165 e. The Morgan fingerprint density at radius 2 is 1.89 bits per heavy atom. The molecule has 1 atom stereocenters. The molecule has 0 saturated carbocycles. The highest BCUT2D eigenvalue weighted by molar-refractivity contribution is 9.10. The molecule has 1 unspecified atom stereocenters. The Hall–Kier alpha value is -1.00. The second-order valence-electron chi connectivity index (χ2n) is 4.18. The Balaban J connectivity index is 2.06. The van der Waals surface area contributed by atoms with Crippen LogP contribution >= 0.6 is 28.6 Å². The van der Waals surface area contributed by atoms with E-state index in [1.165, 1.54) is 6.07 Å². The second-order valence-corrected chi connectivity index (χ2v) is 5.46. The van der Waals surface area contributed by atoms with Crippen molar-refractivity contribution < 1.29 is 9.13 Å². The molecule has 19 heavy (non-hydrogen) atoms. The highest BCUT2D eigenvalue weighted by Crippen LogP contribution is 2.24. The Morgan fingerprint density at radius 1 is 1.16 bits per heavy atom. The zero-order valence-electron chi connectivity index (χ0n) is 10.2. The molecule has 0 bridgehead atoms. The zero-order valence-corrected chi connectivity index (χ0v) is 12.7. The van der Waals surface area contributed by atoms with E-state index in [4.69, 9.17) is 4.74 Å². The summed E-state index contributed by atoms with van der Waals surface area (Å²) in [5.41, 5.74) is 1.15. The van der Waals surface area contributed by atoms with Gasteiger partial charge < -0.3 is 4.74 Å². The lowest BCUT2D eigenvalue weighted by molar-refractivity contribution is 0.283. The van der Waals surface area contributed by atoms with Gasteiger partial charge in [0.2, 0.25) is 0 Å². The molecule has 0 aliphatic heterocycles. The fourth-order valence-corrected chi connectivity index (χ4v) is 2.41. The zero-order chi connectivity index (χ0) is 13.7. The maximum Gasteiger partial charge on any atom is 0.165 e. The molecule has 0 aromatic heterocycles. The van der Waals surface area contributed by atoms with Crippen LogP contribution in [0, 0.1) is 5.82 Å². The number of benzene rings is 2. The van der Waals surface area contributed by atoms with Crippen LogP contribution in [0.3, 0.4) is 0 Å². The highest BCUT2D eigenvalue weighted by Gasteiger charge is 2.12. The van der Waals surface area contributed by atoms with Crippen LogP contribution in [0.15, 0.2) is 53.0 Å². The standard InChI is InChI=1S/C15H14BrFOS/c16-13-6-7-14(17)15(8-13)18-9-12(10-19)11-4-2-1-3-5-11/h1-8,12,19H,9-10H2. The van der Waals surface area contributed by atoms with Crippen LogP contribution in [0.1, 0.15) is 11.5 Å². The van der Waals surface area contributed by atoms with Crippen LogP contribution in [0.4, 0.5) is 4.39 Å². The van der Waals surface area contributed by atoms with Crippen molar-refractivity contribution in [3.8, 4) is 5.75 Å². The van der Waals surface area contributed by atoms with Crippen LogP contribution in [0.5, 0.6) is 5.75 Å². The highest BCUT2D eigenvalue weighted by atomic mass is 79.9. The minimum atomic E-state index is -0.353. The summed E-state index contributed by atoms with van der Waals surface area (Å²) >= 11 is 7.64. The lowest BCUT2D eigenvalue weighted by Crippen LogP contribution is -2.12. The average molecular weight is 341 g/mol. The summed E-state index contributed by atoms with van der Waals surface area (Å²) in [7, 11) is 0. The molecule has 0 amide bonds. The lowest BCUT2D eigenvalue weighted by atomic mass is 10.0. The molecular weight excluding hydrogens is 327 g/mol. The molecule has 0 spiro atoms. The van der Waals surface area contributed by atoms with Crippen LogP contribution in [-0.4, -0.2) is 12.4 Å². The molecule has 2 aromatic rings. The number of hydrogen-bond acceptors (Lipinski definition) is 2. The van der Waals surface area contributed by atoms with Gasteiger partial charge in [-0.25, -0.2) is 4.39 Å². The fraction of sp³-hybridized carbons (Fsp3) is 0.200. The van der Waals surface area contributed by atoms with E-state index in [2.05, 4.69) is 28.6 Å². The van der Waals surface area contributed by atoms with Crippen molar-refractivity contribution in [2.45, 2.75) is 5.92 Å². The summed E-state index contributed by atoms with van der Waals surface area (Å²) in [6.07, 6.45) is 0. The van der Waals surface area contributed by atoms with Gasteiger partial charge in [-0.1, -0.05) is 46.3 Å². The Kier molecular flexibility index (Phi) is 5.28. The third-order valence-corrected chi connectivity index (χ3v) is 3.76. The lowest BCUT2D eigenvalue weighted by Gasteiger charge is -2.16. The third-order valence-electron chi connectivity index (χ3n) is 2.82. The summed E-state index contributed by atoms with van der Waals surface area (Å²) in [6, 6.07) is 14.6. The first-order chi connectivity index (χ1) is 9.20. The number of ether oxygens (including phenoxy) is 1. The molecule has 0 saturated heterocycles. The van der Waals surface area contributed by atoms with E-state index >= 15 is 0 Å². The van der Waals surface area contributed by atoms with Gasteiger partial charge in [0.15, 0.2) is 11.6 Å². The number of thiol groups is 1. The normalized spacial score (nSPS) is 12.2. The van der Waals surface area contributed by atoms with Crippen molar-refractivity contribution in [3.05, 3.63) is 64.4 Å². The molecular formula is C15H14BrFOS. The van der Waals surface area contributed by atoms with E-state index in [1.54, 1.807) is 12.1 Å². The molecule has 0 aliphatic rings. The molecule has 4 heteroatoms. The van der Waals surface area contributed by atoms with Crippen LogP contribution in [0.2, 0.25) is 0 Å². The molecule has 0 fully saturated rings. The van der Waals surface area contributed by atoms with E-state index in [-0.39, 0.29) is 17.5 Å². The number of rotatable bonds is 5. The monoisotopic (exact) mass is 340 g/mol. The molecule has 0 radical (unpaired) electrons. The minimum Gasteiger partial charge on any atom is -0.490 e. The van der Waals surface area contributed by atoms with Gasteiger partial charge in [0.1, 0.15) is 0 Å². The summed E-state index contributed by atoms with van der Waals surface area (Å²) in [5.74, 6) is 0.703. The van der Waals surface area contributed by atoms with Gasteiger partial charge in [-0.3, -0.25) is 0 Å². The molecule has 2 rings (SSSR count). The van der Waals surface area contributed by atoms with E-state index in [9.17, 15) is 4.39 Å². The van der Waals surface area contributed by atoms with Crippen LogP contribution in [0.25, 0.3) is 0 Å². The largest absolute Gasteiger partial charge is 0.490 e. The van der Waals surface area contributed by atoms with Gasteiger partial charge >= 0.3 is 0 Å². The van der Waals surface area contributed by atoms with Crippen molar-refractivity contribution in [1.29, 1.82) is 0 Å². The van der Waals surface area contributed by atoms with Crippen LogP contribution in [-0.2, 0) is 0 Å². The van der Waals surface area contributed by atoms with Gasteiger partial charge in [0, 0.05) is 16.1 Å². The van der Waals surface area contributed by atoms with E-state index in [0.29, 0.717) is 12.4 Å². The summed E-state index contributed by atoms with van der Waals surface area (Å²) < 4.78 is 19.9. The summed E-state index contributed by atoms with van der Waals surface area (Å²) in [4.78, 5) is 0. The van der Waals surface area contributed by atoms with Crippen LogP contribution < -0.4 is 4.74 Å². The second kappa shape index (κ2) is 6.96. The maximum absolute atomic E-state index is 13.6. The summed E-state index contributed by atoms with van der Waals surface area (Å²) in [6.45, 7) is 0.404. The Labute approximate surface area is 126 Å². The molecule has 1 nitrogen and oxygen atoms in total. The molecule has 2 aromatic carbocycles. The van der Waals surface area contributed by atoms with Crippen molar-refractivity contribution in [1.82, 2.24) is 0 Å². The van der Waals surface area contributed by atoms with Gasteiger partial charge in [-0.05, 0) is 23.8 Å².